The summed E-state index contributed by atoms with van der Waals surface area (Å²) in [7, 11) is 0. The molecule has 116 valence electrons. The number of aliphatic hydroxyl groups is 4. The van der Waals surface area contributed by atoms with Crippen LogP contribution in [-0.2, 0) is 9.47 Å². The van der Waals surface area contributed by atoms with Crippen LogP contribution in [0.3, 0.4) is 0 Å². The lowest BCUT2D eigenvalue weighted by atomic mass is 9.99. The van der Waals surface area contributed by atoms with Crippen molar-refractivity contribution in [3.8, 4) is 0 Å². The van der Waals surface area contributed by atoms with Crippen LogP contribution in [0.5, 0.6) is 0 Å². The average Bonchev–Trinajstić information content (AvgIpc) is 2.52. The molecule has 5 atom stereocenters. The summed E-state index contributed by atoms with van der Waals surface area (Å²) in [5.41, 5.74) is 1.01. The lowest BCUT2D eigenvalue weighted by Gasteiger charge is -2.39. The van der Waals surface area contributed by atoms with Crippen molar-refractivity contribution in [2.45, 2.75) is 30.7 Å². The van der Waals surface area contributed by atoms with Crippen LogP contribution < -0.4 is 0 Å². The summed E-state index contributed by atoms with van der Waals surface area (Å²) < 4.78 is 10.5. The van der Waals surface area contributed by atoms with Crippen LogP contribution in [0, 0.1) is 0 Å². The van der Waals surface area contributed by atoms with E-state index in [0.717, 1.165) is 5.56 Å². The first-order valence-corrected chi connectivity index (χ1v) is 6.77. The van der Waals surface area contributed by atoms with Crippen molar-refractivity contribution < 1.29 is 29.9 Å². The Morgan fingerprint density at radius 1 is 1.05 bits per heavy atom. The number of hydrogen-bond acceptors (Lipinski definition) is 6. The summed E-state index contributed by atoms with van der Waals surface area (Å²) in [5.74, 6) is 0. The molecule has 0 bridgehead atoms. The Labute approximate surface area is 122 Å². The molecule has 6 heteroatoms. The maximum absolute atomic E-state index is 9.77. The molecule has 1 fully saturated rings. The first kappa shape index (κ1) is 16.1. The minimum atomic E-state index is -1.42. The molecule has 0 radical (unpaired) electrons. The Balaban J connectivity index is 1.86. The van der Waals surface area contributed by atoms with E-state index in [0.29, 0.717) is 0 Å². The molecule has 4 N–H and O–H groups in total. The Kier molecular flexibility index (Phi) is 5.86. The standard InChI is InChI=1S/C15H20O6/c16-9-11-12(17)13(18)14(19)15(21-11)20-8-4-7-10-5-2-1-3-6-10/h1-7,11-19H,8-9H2/t11-,12-,13+,14-,15?/m1/s1. The normalized spacial score (nSPS) is 33.4. The van der Waals surface area contributed by atoms with E-state index in [1.54, 1.807) is 6.08 Å². The molecule has 1 aliphatic rings. The fourth-order valence-electron chi connectivity index (χ4n) is 2.10. The van der Waals surface area contributed by atoms with Crippen LogP contribution in [0.1, 0.15) is 5.56 Å². The van der Waals surface area contributed by atoms with Gasteiger partial charge in [-0.1, -0.05) is 42.5 Å². The zero-order valence-electron chi connectivity index (χ0n) is 11.4. The van der Waals surface area contributed by atoms with Gasteiger partial charge in [-0.3, -0.25) is 0 Å². The van der Waals surface area contributed by atoms with Gasteiger partial charge in [0.25, 0.3) is 0 Å². The molecule has 0 saturated carbocycles. The van der Waals surface area contributed by atoms with Gasteiger partial charge in [0.15, 0.2) is 6.29 Å². The summed E-state index contributed by atoms with van der Waals surface area (Å²) in [4.78, 5) is 0. The Hall–Kier alpha value is -1.28. The zero-order valence-corrected chi connectivity index (χ0v) is 11.4. The molecule has 6 nitrogen and oxygen atoms in total. The van der Waals surface area contributed by atoms with E-state index in [1.807, 2.05) is 36.4 Å². The summed E-state index contributed by atoms with van der Waals surface area (Å²) >= 11 is 0. The molecule has 1 saturated heterocycles. The largest absolute Gasteiger partial charge is 0.394 e. The number of hydrogen-bond donors (Lipinski definition) is 4. The molecule has 1 aromatic rings. The smallest absolute Gasteiger partial charge is 0.187 e. The Morgan fingerprint density at radius 2 is 1.76 bits per heavy atom. The SMILES string of the molecule is OC[C@H]1OC(OCC=Cc2ccccc2)[C@H](O)[C@@H](O)[C@@H]1O. The molecule has 1 aliphatic heterocycles. The molecule has 1 heterocycles. The Morgan fingerprint density at radius 3 is 2.43 bits per heavy atom. The first-order chi connectivity index (χ1) is 10.1. The fourth-order valence-corrected chi connectivity index (χ4v) is 2.10. The van der Waals surface area contributed by atoms with E-state index in [2.05, 4.69) is 0 Å². The summed E-state index contributed by atoms with van der Waals surface area (Å²) in [6, 6.07) is 9.62. The van der Waals surface area contributed by atoms with E-state index in [4.69, 9.17) is 14.6 Å². The molecular weight excluding hydrogens is 276 g/mol. The zero-order chi connectivity index (χ0) is 15.2. The summed E-state index contributed by atoms with van der Waals surface area (Å²) in [5, 5.41) is 38.1. The van der Waals surface area contributed by atoms with E-state index in [1.165, 1.54) is 0 Å². The molecule has 1 aromatic carbocycles. The molecule has 0 amide bonds. The second-order valence-corrected chi connectivity index (χ2v) is 4.84. The van der Waals surface area contributed by atoms with Crippen molar-refractivity contribution in [3.63, 3.8) is 0 Å². The molecule has 0 spiro atoms. The van der Waals surface area contributed by atoms with E-state index in [-0.39, 0.29) is 6.61 Å². The van der Waals surface area contributed by atoms with Gasteiger partial charge in [-0.05, 0) is 5.56 Å². The third kappa shape index (κ3) is 4.10. The van der Waals surface area contributed by atoms with Crippen molar-refractivity contribution >= 4 is 6.08 Å². The van der Waals surface area contributed by atoms with Crippen LogP contribution in [0.15, 0.2) is 36.4 Å². The van der Waals surface area contributed by atoms with Crippen molar-refractivity contribution in [1.82, 2.24) is 0 Å². The molecule has 2 rings (SSSR count). The van der Waals surface area contributed by atoms with Gasteiger partial charge in [-0.2, -0.15) is 0 Å². The second-order valence-electron chi connectivity index (χ2n) is 4.84. The minimum absolute atomic E-state index is 0.164. The third-order valence-electron chi connectivity index (χ3n) is 3.32. The van der Waals surface area contributed by atoms with E-state index >= 15 is 0 Å². The lowest BCUT2D eigenvalue weighted by molar-refractivity contribution is -0.298. The topological polar surface area (TPSA) is 99.4 Å². The predicted octanol–water partition coefficient (Wildman–Crippen LogP) is -0.484. The molecular formula is C15H20O6. The van der Waals surface area contributed by atoms with Crippen LogP contribution in [-0.4, -0.2) is 64.3 Å². The molecule has 0 aromatic heterocycles. The van der Waals surface area contributed by atoms with Gasteiger partial charge in [-0.15, -0.1) is 0 Å². The summed E-state index contributed by atoms with van der Waals surface area (Å²) in [6.07, 6.45) is -2.61. The summed E-state index contributed by atoms with van der Waals surface area (Å²) in [6.45, 7) is -0.303. The minimum Gasteiger partial charge on any atom is -0.394 e. The van der Waals surface area contributed by atoms with Gasteiger partial charge in [-0.25, -0.2) is 0 Å². The lowest BCUT2D eigenvalue weighted by Crippen LogP contribution is -2.59. The quantitative estimate of drug-likeness (QED) is 0.585. The van der Waals surface area contributed by atoms with Gasteiger partial charge < -0.3 is 29.9 Å². The van der Waals surface area contributed by atoms with Crippen molar-refractivity contribution in [2.75, 3.05) is 13.2 Å². The number of ether oxygens (including phenoxy) is 2. The van der Waals surface area contributed by atoms with Gasteiger partial charge in [0.1, 0.15) is 24.4 Å². The predicted molar refractivity (Wildman–Crippen MR) is 75.2 cm³/mol. The van der Waals surface area contributed by atoms with Gasteiger partial charge in [0.2, 0.25) is 0 Å². The number of benzene rings is 1. The maximum atomic E-state index is 9.77. The molecule has 0 aliphatic carbocycles. The Bertz CT molecular complexity index is 447. The highest BCUT2D eigenvalue weighted by molar-refractivity contribution is 5.48. The van der Waals surface area contributed by atoms with Crippen LogP contribution >= 0.6 is 0 Å². The average molecular weight is 296 g/mol. The van der Waals surface area contributed by atoms with Crippen molar-refractivity contribution in [2.24, 2.45) is 0 Å². The highest BCUT2D eigenvalue weighted by atomic mass is 16.7. The number of rotatable bonds is 5. The van der Waals surface area contributed by atoms with Gasteiger partial charge in [0, 0.05) is 0 Å². The van der Waals surface area contributed by atoms with E-state index in [9.17, 15) is 15.3 Å². The van der Waals surface area contributed by atoms with Crippen LogP contribution in [0.2, 0.25) is 0 Å². The monoisotopic (exact) mass is 296 g/mol. The molecule has 1 unspecified atom stereocenters. The van der Waals surface area contributed by atoms with Gasteiger partial charge >= 0.3 is 0 Å². The fraction of sp³-hybridized carbons (Fsp3) is 0.467. The van der Waals surface area contributed by atoms with Crippen molar-refractivity contribution in [3.05, 3.63) is 42.0 Å². The second kappa shape index (κ2) is 7.65. The van der Waals surface area contributed by atoms with Gasteiger partial charge in [0.05, 0.1) is 13.2 Å². The maximum Gasteiger partial charge on any atom is 0.187 e. The third-order valence-corrected chi connectivity index (χ3v) is 3.32. The molecule has 21 heavy (non-hydrogen) atoms. The highest BCUT2D eigenvalue weighted by Gasteiger charge is 2.43. The number of aliphatic hydroxyl groups excluding tert-OH is 4. The van der Waals surface area contributed by atoms with Crippen LogP contribution in [0.25, 0.3) is 6.08 Å². The first-order valence-electron chi connectivity index (χ1n) is 6.77. The van der Waals surface area contributed by atoms with E-state index < -0.39 is 37.3 Å². The van der Waals surface area contributed by atoms with Crippen LogP contribution in [0.4, 0.5) is 0 Å². The highest BCUT2D eigenvalue weighted by Crippen LogP contribution is 2.21. The van der Waals surface area contributed by atoms with Crippen molar-refractivity contribution in [1.29, 1.82) is 0 Å².